The van der Waals surface area contributed by atoms with Crippen molar-refractivity contribution in [2.75, 3.05) is 7.05 Å². The summed E-state index contributed by atoms with van der Waals surface area (Å²) in [5.41, 5.74) is 3.02. The van der Waals surface area contributed by atoms with Crippen molar-refractivity contribution >= 4 is 20.9 Å². The van der Waals surface area contributed by atoms with Crippen LogP contribution in [0, 0.1) is 0 Å². The molecule has 0 spiro atoms. The molecule has 0 fully saturated rings. The molecule has 2 aromatic carbocycles. The summed E-state index contributed by atoms with van der Waals surface area (Å²) in [7, 11) is -1.52. The highest BCUT2D eigenvalue weighted by atomic mass is 32.2. The van der Waals surface area contributed by atoms with Crippen LogP contribution in [-0.2, 0) is 23.1 Å². The molecule has 5 heteroatoms. The highest BCUT2D eigenvalue weighted by molar-refractivity contribution is 7.90. The molecule has 1 aromatic heterocycles. The van der Waals surface area contributed by atoms with Gasteiger partial charge in [0.05, 0.1) is 10.4 Å². The van der Waals surface area contributed by atoms with Gasteiger partial charge >= 0.3 is 0 Å². The maximum absolute atomic E-state index is 12.9. The predicted octanol–water partition coefficient (Wildman–Crippen LogP) is 2.82. The minimum Gasteiger partial charge on any atom is -0.298 e. The highest BCUT2D eigenvalue weighted by Crippen LogP contribution is 2.33. The summed E-state index contributed by atoms with van der Waals surface area (Å²) >= 11 is 0. The normalized spacial score (nSPS) is 15.3. The first-order chi connectivity index (χ1) is 10.6. The number of aromatic nitrogens is 1. The van der Waals surface area contributed by atoms with Crippen LogP contribution >= 0.6 is 0 Å². The lowest BCUT2D eigenvalue weighted by Gasteiger charge is -2.22. The van der Waals surface area contributed by atoms with Crippen LogP contribution in [0.5, 0.6) is 0 Å². The predicted molar refractivity (Wildman–Crippen MR) is 86.1 cm³/mol. The molecule has 1 aliphatic rings. The molecule has 0 atom stereocenters. The molecule has 0 saturated carbocycles. The van der Waals surface area contributed by atoms with Crippen LogP contribution in [0.3, 0.4) is 0 Å². The SMILES string of the molecule is CN1Cc2cccc3c2c(cn3S(=O)(=O)c2ccccc2)C1. The standard InChI is InChI=1S/C17H16N2O2S/c1-18-10-13-6-5-9-16-17(13)14(11-18)12-19(16)22(20,21)15-7-3-2-4-8-15/h2-9,12H,10-11H2,1H3. The Morgan fingerprint density at radius 2 is 1.64 bits per heavy atom. The van der Waals surface area contributed by atoms with Gasteiger partial charge in [-0.3, -0.25) is 4.90 Å². The summed E-state index contributed by atoms with van der Waals surface area (Å²) in [5, 5.41) is 1.08. The lowest BCUT2D eigenvalue weighted by molar-refractivity contribution is 0.314. The monoisotopic (exact) mass is 312 g/mol. The summed E-state index contributed by atoms with van der Waals surface area (Å²) < 4.78 is 27.3. The topological polar surface area (TPSA) is 42.3 Å². The van der Waals surface area contributed by atoms with E-state index >= 15 is 0 Å². The van der Waals surface area contributed by atoms with Crippen molar-refractivity contribution in [3.05, 3.63) is 65.9 Å². The highest BCUT2D eigenvalue weighted by Gasteiger charge is 2.25. The van der Waals surface area contributed by atoms with Crippen LogP contribution in [0.2, 0.25) is 0 Å². The molecular weight excluding hydrogens is 296 g/mol. The van der Waals surface area contributed by atoms with Crippen molar-refractivity contribution in [3.8, 4) is 0 Å². The second kappa shape index (κ2) is 4.69. The van der Waals surface area contributed by atoms with E-state index in [1.807, 2.05) is 25.2 Å². The molecule has 0 saturated heterocycles. The third kappa shape index (κ3) is 1.90. The van der Waals surface area contributed by atoms with E-state index in [-0.39, 0.29) is 0 Å². The lowest BCUT2D eigenvalue weighted by atomic mass is 10.0. The van der Waals surface area contributed by atoms with Crippen LogP contribution in [0.4, 0.5) is 0 Å². The molecule has 22 heavy (non-hydrogen) atoms. The molecule has 0 N–H and O–H groups in total. The number of benzene rings is 2. The maximum Gasteiger partial charge on any atom is 0.268 e. The zero-order valence-corrected chi connectivity index (χ0v) is 13.0. The fraction of sp³-hybridized carbons (Fsp3) is 0.176. The summed E-state index contributed by atoms with van der Waals surface area (Å²) in [5.74, 6) is 0. The molecule has 0 amide bonds. The third-order valence-electron chi connectivity index (χ3n) is 4.14. The molecule has 112 valence electrons. The summed E-state index contributed by atoms with van der Waals surface area (Å²) in [4.78, 5) is 2.51. The minimum atomic E-state index is -3.56. The Bertz CT molecular complexity index is 959. The molecule has 4 nitrogen and oxygen atoms in total. The van der Waals surface area contributed by atoms with Gasteiger partial charge in [0.15, 0.2) is 0 Å². The fourth-order valence-corrected chi connectivity index (χ4v) is 4.62. The lowest BCUT2D eigenvalue weighted by Crippen LogP contribution is -2.20. The summed E-state index contributed by atoms with van der Waals surface area (Å²) in [6, 6.07) is 14.5. The molecule has 4 rings (SSSR count). The molecular formula is C17H16N2O2S. The first kappa shape index (κ1) is 13.5. The minimum absolute atomic E-state index is 0.316. The van der Waals surface area contributed by atoms with E-state index in [4.69, 9.17) is 0 Å². The van der Waals surface area contributed by atoms with E-state index in [0.717, 1.165) is 29.6 Å². The molecule has 3 aromatic rings. The van der Waals surface area contributed by atoms with E-state index in [1.54, 1.807) is 30.5 Å². The van der Waals surface area contributed by atoms with Gasteiger partial charge in [-0.25, -0.2) is 12.4 Å². The van der Waals surface area contributed by atoms with Gasteiger partial charge in [0, 0.05) is 24.7 Å². The smallest absolute Gasteiger partial charge is 0.268 e. The van der Waals surface area contributed by atoms with Gasteiger partial charge in [-0.05, 0) is 36.4 Å². The quantitative estimate of drug-likeness (QED) is 0.731. The van der Waals surface area contributed by atoms with E-state index in [1.165, 1.54) is 9.54 Å². The molecule has 1 aliphatic heterocycles. The van der Waals surface area contributed by atoms with Crippen LogP contribution in [0.15, 0.2) is 59.6 Å². The number of hydrogen-bond acceptors (Lipinski definition) is 3. The zero-order chi connectivity index (χ0) is 15.3. The van der Waals surface area contributed by atoms with Gasteiger partial charge in [-0.1, -0.05) is 30.3 Å². The Morgan fingerprint density at radius 1 is 0.909 bits per heavy atom. The van der Waals surface area contributed by atoms with Gasteiger partial charge in [0.25, 0.3) is 10.0 Å². The molecule has 0 bridgehead atoms. The van der Waals surface area contributed by atoms with Gasteiger partial charge in [-0.15, -0.1) is 0 Å². The fourth-order valence-electron chi connectivity index (χ4n) is 3.21. The summed E-state index contributed by atoms with van der Waals surface area (Å²) in [6.07, 6.45) is 1.77. The van der Waals surface area contributed by atoms with E-state index in [9.17, 15) is 8.42 Å². The molecule has 0 radical (unpaired) electrons. The molecule has 0 aliphatic carbocycles. The average molecular weight is 312 g/mol. The van der Waals surface area contributed by atoms with Gasteiger partial charge in [0.1, 0.15) is 0 Å². The van der Waals surface area contributed by atoms with Gasteiger partial charge in [0.2, 0.25) is 0 Å². The van der Waals surface area contributed by atoms with E-state index in [0.29, 0.717) is 4.90 Å². The van der Waals surface area contributed by atoms with Crippen LogP contribution < -0.4 is 0 Å². The Morgan fingerprint density at radius 3 is 2.41 bits per heavy atom. The number of hydrogen-bond donors (Lipinski definition) is 0. The van der Waals surface area contributed by atoms with Crippen LogP contribution in [-0.4, -0.2) is 24.3 Å². The Balaban J connectivity index is 2.01. The largest absolute Gasteiger partial charge is 0.298 e. The summed E-state index contributed by atoms with van der Waals surface area (Å²) in [6.45, 7) is 1.62. The maximum atomic E-state index is 12.9. The second-order valence-corrected chi connectivity index (χ2v) is 7.57. The first-order valence-electron chi connectivity index (χ1n) is 7.18. The third-order valence-corrected chi connectivity index (χ3v) is 5.83. The van der Waals surface area contributed by atoms with E-state index < -0.39 is 10.0 Å². The first-order valence-corrected chi connectivity index (χ1v) is 8.62. The molecule has 0 unspecified atom stereocenters. The van der Waals surface area contributed by atoms with Crippen molar-refractivity contribution in [2.45, 2.75) is 18.0 Å². The van der Waals surface area contributed by atoms with Crippen LogP contribution in [0.25, 0.3) is 10.9 Å². The average Bonchev–Trinajstić information content (AvgIpc) is 2.89. The van der Waals surface area contributed by atoms with Crippen molar-refractivity contribution < 1.29 is 8.42 Å². The Labute approximate surface area is 129 Å². The second-order valence-electron chi connectivity index (χ2n) is 5.75. The van der Waals surface area contributed by atoms with Crippen molar-refractivity contribution in [1.29, 1.82) is 0 Å². The van der Waals surface area contributed by atoms with Gasteiger partial charge < -0.3 is 0 Å². The van der Waals surface area contributed by atoms with Gasteiger partial charge in [-0.2, -0.15) is 0 Å². The Hall–Kier alpha value is -2.11. The van der Waals surface area contributed by atoms with E-state index in [2.05, 4.69) is 11.0 Å². The Kier molecular flexibility index (Phi) is 2.89. The van der Waals surface area contributed by atoms with Crippen molar-refractivity contribution in [3.63, 3.8) is 0 Å². The zero-order valence-electron chi connectivity index (χ0n) is 12.2. The number of nitrogens with zero attached hydrogens (tertiary/aromatic N) is 2. The van der Waals surface area contributed by atoms with Crippen molar-refractivity contribution in [1.82, 2.24) is 8.87 Å². The van der Waals surface area contributed by atoms with Crippen LogP contribution in [0.1, 0.15) is 11.1 Å². The molecule has 2 heterocycles. The van der Waals surface area contributed by atoms with Crippen molar-refractivity contribution in [2.24, 2.45) is 0 Å². The number of rotatable bonds is 2.